The fourth-order valence-corrected chi connectivity index (χ4v) is 4.31. The first-order valence-electron chi connectivity index (χ1n) is 11.1. The highest BCUT2D eigenvalue weighted by Gasteiger charge is 2.20. The van der Waals surface area contributed by atoms with Gasteiger partial charge in [0.05, 0.1) is 17.1 Å². The molecule has 0 saturated heterocycles. The summed E-state index contributed by atoms with van der Waals surface area (Å²) in [4.78, 5) is 4.69. The number of imidazole rings is 1. The summed E-state index contributed by atoms with van der Waals surface area (Å²) in [7, 11) is -1.15. The summed E-state index contributed by atoms with van der Waals surface area (Å²) in [5.74, 6) is 7.01. The van der Waals surface area contributed by atoms with Crippen LogP contribution < -0.4 is 16.6 Å². The van der Waals surface area contributed by atoms with E-state index >= 15 is 0 Å². The van der Waals surface area contributed by atoms with Gasteiger partial charge >= 0.3 is 0 Å². The Morgan fingerprint density at radius 3 is 2.53 bits per heavy atom. The average Bonchev–Trinajstić information content (AvgIpc) is 3.27. The number of anilines is 1. The van der Waals surface area contributed by atoms with Crippen LogP contribution >= 0.6 is 0 Å². The van der Waals surface area contributed by atoms with Gasteiger partial charge in [0.25, 0.3) is 6.43 Å². The maximum Gasteiger partial charge on any atom is 0.281 e. The van der Waals surface area contributed by atoms with Crippen LogP contribution in [0.15, 0.2) is 102 Å². The minimum absolute atomic E-state index is 0.332. The molecule has 2 aromatic carbocycles. The lowest BCUT2D eigenvalue weighted by Crippen LogP contribution is -2.32. The van der Waals surface area contributed by atoms with Gasteiger partial charge < -0.3 is 10.3 Å². The van der Waals surface area contributed by atoms with Gasteiger partial charge in [0.1, 0.15) is 11.5 Å². The Morgan fingerprint density at radius 1 is 1.22 bits per heavy atom. The summed E-state index contributed by atoms with van der Waals surface area (Å²) in [6.07, 6.45) is 8.64. The smallest absolute Gasteiger partial charge is 0.281 e. The van der Waals surface area contributed by atoms with Crippen molar-refractivity contribution in [2.45, 2.75) is 25.2 Å². The van der Waals surface area contributed by atoms with Gasteiger partial charge in [-0.15, -0.1) is 0 Å². The van der Waals surface area contributed by atoms with E-state index in [1.165, 1.54) is 17.4 Å². The topological polar surface area (TPSA) is 90.2 Å². The van der Waals surface area contributed by atoms with Crippen molar-refractivity contribution < 1.29 is 13.0 Å². The highest BCUT2D eigenvalue weighted by Crippen LogP contribution is 2.34. The molecule has 1 aromatic heterocycles. The second kappa shape index (κ2) is 11.7. The molecule has 1 unspecified atom stereocenters. The van der Waals surface area contributed by atoms with Crippen molar-refractivity contribution in [3.8, 4) is 16.8 Å². The molecule has 1 heterocycles. The van der Waals surface area contributed by atoms with E-state index in [1.807, 2.05) is 49.4 Å². The zero-order valence-corrected chi connectivity index (χ0v) is 21.2. The lowest BCUT2D eigenvalue weighted by molar-refractivity contribution is 0.146. The summed E-state index contributed by atoms with van der Waals surface area (Å²) in [5.41, 5.74) is 9.54. The number of halogens is 2. The average molecular weight is 510 g/mol. The molecule has 4 N–H and O–H groups in total. The molecule has 3 aromatic rings. The van der Waals surface area contributed by atoms with Crippen LogP contribution in [0.3, 0.4) is 0 Å². The maximum atomic E-state index is 13.4. The van der Waals surface area contributed by atoms with E-state index in [-0.39, 0.29) is 5.69 Å². The Balaban J connectivity index is 2.25. The number of nitrogens with zero attached hydrogens (tertiary/aromatic N) is 3. The maximum absolute atomic E-state index is 13.4. The number of rotatable bonds is 9. The first-order valence-corrected chi connectivity index (χ1v) is 12.6. The van der Waals surface area contributed by atoms with Crippen molar-refractivity contribution in [2.75, 3.05) is 11.3 Å². The third-order valence-electron chi connectivity index (χ3n) is 5.55. The van der Waals surface area contributed by atoms with Crippen LogP contribution in [-0.4, -0.2) is 20.0 Å². The molecule has 0 amide bonds. The van der Waals surface area contributed by atoms with E-state index in [4.69, 9.17) is 11.6 Å². The number of hydrogen-bond acceptors (Lipinski definition) is 5. The number of hydrogen-bond donors (Lipinski definition) is 2. The van der Waals surface area contributed by atoms with Crippen molar-refractivity contribution in [1.29, 1.82) is 0 Å². The minimum Gasteiger partial charge on any atom is -0.403 e. The lowest BCUT2D eigenvalue weighted by Gasteiger charge is -2.26. The van der Waals surface area contributed by atoms with Crippen LogP contribution in [-0.2, 0) is 10.8 Å². The Bertz CT molecular complexity index is 1370. The second-order valence-electron chi connectivity index (χ2n) is 7.83. The highest BCUT2D eigenvalue weighted by molar-refractivity contribution is 7.84. The molecule has 0 aliphatic heterocycles. The summed E-state index contributed by atoms with van der Waals surface area (Å²) in [5, 5.41) is 1.41. The van der Waals surface area contributed by atoms with E-state index in [1.54, 1.807) is 42.0 Å². The SMILES string of the molecule is C=C\C=C/C(=C\C)C(=C/N)/N(N)c1cc(-c2cccc(S(C)=O)c2)ccc1-n1cc(C(F)F)nc1C. The Hall–Kier alpha value is -3.82. The minimum atomic E-state index is -2.71. The molecular formula is C27H29F2N5OS. The van der Waals surface area contributed by atoms with Crippen molar-refractivity contribution in [3.63, 3.8) is 0 Å². The number of benzene rings is 2. The first-order chi connectivity index (χ1) is 17.2. The number of aryl methyl sites for hydroxylation is 1. The zero-order chi connectivity index (χ0) is 26.4. The number of hydrazine groups is 1. The molecule has 6 nitrogen and oxygen atoms in total. The number of aromatic nitrogens is 2. The van der Waals surface area contributed by atoms with Crippen LogP contribution in [0, 0.1) is 6.92 Å². The van der Waals surface area contributed by atoms with E-state index in [0.29, 0.717) is 27.8 Å². The van der Waals surface area contributed by atoms with Crippen LogP contribution in [0.1, 0.15) is 24.9 Å². The van der Waals surface area contributed by atoms with E-state index in [2.05, 4.69) is 11.6 Å². The van der Waals surface area contributed by atoms with Crippen LogP contribution in [0.5, 0.6) is 0 Å². The highest BCUT2D eigenvalue weighted by atomic mass is 32.2. The number of allylic oxidation sites excluding steroid dienone is 4. The molecule has 0 bridgehead atoms. The normalized spacial score (nSPS) is 13.4. The van der Waals surface area contributed by atoms with Crippen molar-refractivity contribution >= 4 is 16.5 Å². The molecule has 0 aliphatic rings. The predicted molar refractivity (Wildman–Crippen MR) is 143 cm³/mol. The van der Waals surface area contributed by atoms with Crippen LogP contribution in [0.25, 0.3) is 16.8 Å². The van der Waals surface area contributed by atoms with Crippen LogP contribution in [0.4, 0.5) is 14.5 Å². The summed E-state index contributed by atoms with van der Waals surface area (Å²) in [6.45, 7) is 7.19. The van der Waals surface area contributed by atoms with Gasteiger partial charge in [-0.3, -0.25) is 9.22 Å². The molecule has 188 valence electrons. The fraction of sp³-hybridized carbons (Fsp3) is 0.148. The van der Waals surface area contributed by atoms with Gasteiger partial charge in [0, 0.05) is 34.3 Å². The zero-order valence-electron chi connectivity index (χ0n) is 20.4. The molecule has 1 atom stereocenters. The van der Waals surface area contributed by atoms with E-state index in [0.717, 1.165) is 16.7 Å². The van der Waals surface area contributed by atoms with Crippen molar-refractivity contribution in [1.82, 2.24) is 9.55 Å². The van der Waals surface area contributed by atoms with Gasteiger partial charge in [0.15, 0.2) is 0 Å². The Kier molecular flexibility index (Phi) is 8.73. The van der Waals surface area contributed by atoms with Crippen LogP contribution in [0.2, 0.25) is 0 Å². The number of alkyl halides is 2. The fourth-order valence-electron chi connectivity index (χ4n) is 3.74. The first kappa shape index (κ1) is 26.8. The molecular weight excluding hydrogens is 480 g/mol. The number of nitrogens with two attached hydrogens (primary N) is 2. The summed E-state index contributed by atoms with van der Waals surface area (Å²) in [6, 6.07) is 12.8. The molecule has 3 rings (SSSR count). The largest absolute Gasteiger partial charge is 0.403 e. The van der Waals surface area contributed by atoms with Gasteiger partial charge in [-0.05, 0) is 54.8 Å². The van der Waals surface area contributed by atoms with E-state index in [9.17, 15) is 13.0 Å². The Morgan fingerprint density at radius 2 is 1.94 bits per heavy atom. The molecule has 9 heteroatoms. The van der Waals surface area contributed by atoms with Gasteiger partial charge in [-0.25, -0.2) is 19.6 Å². The summed E-state index contributed by atoms with van der Waals surface area (Å²) < 4.78 is 40.4. The van der Waals surface area contributed by atoms with Gasteiger partial charge in [-0.1, -0.05) is 49.1 Å². The monoisotopic (exact) mass is 509 g/mol. The third-order valence-corrected chi connectivity index (χ3v) is 6.47. The lowest BCUT2D eigenvalue weighted by atomic mass is 10.0. The summed E-state index contributed by atoms with van der Waals surface area (Å²) >= 11 is 0. The van der Waals surface area contributed by atoms with Gasteiger partial charge in [-0.2, -0.15) is 0 Å². The molecule has 0 radical (unpaired) electrons. The second-order valence-corrected chi connectivity index (χ2v) is 9.21. The standard InChI is InChI=1S/C27H29F2N5OS/c1-5-7-9-19(6-2)26(16-30)34(31)25-15-21(20-10-8-11-22(14-20)36(4)35)12-13-24(25)33-17-23(27(28)29)32-18(33)3/h5-17,27H,1,30-31H2,2-4H3/b9-7-,19-6+,26-16-. The van der Waals surface area contributed by atoms with Crippen molar-refractivity contribution in [3.05, 3.63) is 109 Å². The van der Waals surface area contributed by atoms with Gasteiger partial charge in [0.2, 0.25) is 0 Å². The Labute approximate surface area is 212 Å². The molecule has 0 fully saturated rings. The molecule has 0 saturated carbocycles. The molecule has 0 aliphatic carbocycles. The predicted octanol–water partition coefficient (Wildman–Crippen LogP) is 5.69. The quantitative estimate of drug-likeness (QED) is 0.220. The third kappa shape index (κ3) is 5.69. The van der Waals surface area contributed by atoms with E-state index < -0.39 is 17.2 Å². The van der Waals surface area contributed by atoms with Crippen molar-refractivity contribution in [2.24, 2.45) is 11.6 Å². The molecule has 36 heavy (non-hydrogen) atoms. The molecule has 0 spiro atoms.